The summed E-state index contributed by atoms with van der Waals surface area (Å²) in [5, 5.41) is 9.59. The number of carbonyl (C=O) groups excluding carboxylic acids is 1. The van der Waals surface area contributed by atoms with E-state index in [4.69, 9.17) is 0 Å². The Labute approximate surface area is 151 Å². The van der Waals surface area contributed by atoms with Crippen molar-refractivity contribution >= 4 is 5.91 Å². The van der Waals surface area contributed by atoms with E-state index in [1.54, 1.807) is 11.1 Å². The van der Waals surface area contributed by atoms with Crippen LogP contribution in [0.1, 0.15) is 52.0 Å². The number of amides is 1. The molecule has 2 rings (SSSR count). The third kappa shape index (κ3) is 5.09. The van der Waals surface area contributed by atoms with E-state index in [0.29, 0.717) is 12.6 Å². The molecule has 0 N–H and O–H groups in total. The van der Waals surface area contributed by atoms with E-state index in [0.717, 1.165) is 31.4 Å². The topological polar surface area (TPSA) is 47.3 Å². The number of carbonyl (C=O) groups is 1. The fraction of sp³-hybridized carbons (Fsp3) is 0.524. The normalized spacial score (nSPS) is 18.1. The standard InChI is InChI=1S/C21H29N3O/c1-4-20-12-8-9-13-23(20)16-19(14-22)21(25)24(17(2)3)15-18-10-6-5-7-11-18/h5-7,10-11,16-17,20H,4,8-9,12-13,15H2,1-3H3/b19-16-. The second kappa shape index (κ2) is 9.27. The summed E-state index contributed by atoms with van der Waals surface area (Å²) in [5.74, 6) is -0.179. The van der Waals surface area contributed by atoms with Crippen LogP contribution in [0.4, 0.5) is 0 Å². The molecule has 25 heavy (non-hydrogen) atoms. The third-order valence-corrected chi connectivity index (χ3v) is 4.87. The van der Waals surface area contributed by atoms with E-state index in [-0.39, 0.29) is 17.5 Å². The molecule has 0 aliphatic carbocycles. The van der Waals surface area contributed by atoms with Gasteiger partial charge in [-0.15, -0.1) is 0 Å². The molecule has 1 aliphatic rings. The predicted molar refractivity (Wildman–Crippen MR) is 100 cm³/mol. The Morgan fingerprint density at radius 3 is 2.68 bits per heavy atom. The molecule has 0 aromatic heterocycles. The van der Waals surface area contributed by atoms with Gasteiger partial charge in [0.25, 0.3) is 5.91 Å². The van der Waals surface area contributed by atoms with Crippen molar-refractivity contribution in [3.05, 3.63) is 47.7 Å². The maximum atomic E-state index is 13.0. The van der Waals surface area contributed by atoms with Gasteiger partial charge in [-0.25, -0.2) is 0 Å². The van der Waals surface area contributed by atoms with Gasteiger partial charge in [-0.2, -0.15) is 5.26 Å². The summed E-state index contributed by atoms with van der Waals surface area (Å²) in [7, 11) is 0. The van der Waals surface area contributed by atoms with Crippen molar-refractivity contribution in [2.45, 2.75) is 65.1 Å². The second-order valence-electron chi connectivity index (χ2n) is 6.96. The molecule has 0 saturated carbocycles. The average molecular weight is 339 g/mol. The van der Waals surface area contributed by atoms with Crippen LogP contribution in [0, 0.1) is 11.3 Å². The van der Waals surface area contributed by atoms with Crippen LogP contribution >= 0.6 is 0 Å². The molecule has 1 unspecified atom stereocenters. The average Bonchev–Trinajstić information content (AvgIpc) is 2.64. The van der Waals surface area contributed by atoms with Crippen molar-refractivity contribution in [2.24, 2.45) is 0 Å². The van der Waals surface area contributed by atoms with Gasteiger partial charge >= 0.3 is 0 Å². The summed E-state index contributed by atoms with van der Waals surface area (Å²) in [5.41, 5.74) is 1.32. The molecule has 0 bridgehead atoms. The Bertz CT molecular complexity index is 630. The number of nitrogens with zero attached hydrogens (tertiary/aromatic N) is 3. The predicted octanol–water partition coefficient (Wildman–Crippen LogP) is 4.10. The molecule has 1 fully saturated rings. The van der Waals surface area contributed by atoms with E-state index in [2.05, 4.69) is 17.9 Å². The van der Waals surface area contributed by atoms with E-state index in [1.807, 2.05) is 44.2 Å². The van der Waals surface area contributed by atoms with E-state index in [9.17, 15) is 10.1 Å². The lowest BCUT2D eigenvalue weighted by molar-refractivity contribution is -0.129. The lowest BCUT2D eigenvalue weighted by Gasteiger charge is -2.35. The minimum Gasteiger partial charge on any atom is -0.373 e. The number of benzene rings is 1. The van der Waals surface area contributed by atoms with Crippen molar-refractivity contribution in [3.63, 3.8) is 0 Å². The van der Waals surface area contributed by atoms with Gasteiger partial charge in [-0.3, -0.25) is 4.79 Å². The van der Waals surface area contributed by atoms with Gasteiger partial charge in [-0.1, -0.05) is 37.3 Å². The van der Waals surface area contributed by atoms with E-state index >= 15 is 0 Å². The summed E-state index contributed by atoms with van der Waals surface area (Å²) in [6.45, 7) is 7.60. The zero-order chi connectivity index (χ0) is 18.2. The van der Waals surface area contributed by atoms with Crippen molar-refractivity contribution in [2.75, 3.05) is 6.54 Å². The van der Waals surface area contributed by atoms with Gasteiger partial charge in [0.15, 0.2) is 0 Å². The SMILES string of the molecule is CCC1CCCCN1/C=C(/C#N)C(=O)N(Cc1ccccc1)C(C)C. The maximum Gasteiger partial charge on any atom is 0.266 e. The highest BCUT2D eigenvalue weighted by Gasteiger charge is 2.24. The first-order valence-electron chi connectivity index (χ1n) is 9.29. The molecule has 0 radical (unpaired) electrons. The molecule has 4 nitrogen and oxygen atoms in total. The van der Waals surface area contributed by atoms with E-state index in [1.165, 1.54) is 6.42 Å². The van der Waals surface area contributed by atoms with Crippen LogP contribution in [0.2, 0.25) is 0 Å². The summed E-state index contributed by atoms with van der Waals surface area (Å²) in [4.78, 5) is 17.0. The molecule has 1 saturated heterocycles. The Kier molecular flexibility index (Phi) is 7.06. The molecule has 1 heterocycles. The molecule has 1 amide bonds. The fourth-order valence-corrected chi connectivity index (χ4v) is 3.35. The first-order valence-corrected chi connectivity index (χ1v) is 9.29. The Morgan fingerprint density at radius 2 is 2.08 bits per heavy atom. The van der Waals surface area contributed by atoms with Crippen LogP contribution in [0.25, 0.3) is 0 Å². The zero-order valence-corrected chi connectivity index (χ0v) is 15.6. The smallest absolute Gasteiger partial charge is 0.266 e. The van der Waals surface area contributed by atoms with Crippen LogP contribution in [0.5, 0.6) is 0 Å². The van der Waals surface area contributed by atoms with Gasteiger partial charge in [0.05, 0.1) is 0 Å². The third-order valence-electron chi connectivity index (χ3n) is 4.87. The van der Waals surface area contributed by atoms with Crippen LogP contribution in [-0.4, -0.2) is 34.3 Å². The number of likely N-dealkylation sites (tertiary alicyclic amines) is 1. The van der Waals surface area contributed by atoms with Gasteiger partial charge in [-0.05, 0) is 45.1 Å². The van der Waals surface area contributed by atoms with Crippen molar-refractivity contribution in [1.82, 2.24) is 9.80 Å². The first kappa shape index (κ1) is 19.1. The van der Waals surface area contributed by atoms with Crippen LogP contribution in [0.15, 0.2) is 42.1 Å². The highest BCUT2D eigenvalue weighted by Crippen LogP contribution is 2.21. The maximum absolute atomic E-state index is 13.0. The van der Waals surface area contributed by atoms with E-state index < -0.39 is 0 Å². The summed E-state index contributed by atoms with van der Waals surface area (Å²) in [6, 6.07) is 12.5. The van der Waals surface area contributed by atoms with Crippen LogP contribution in [-0.2, 0) is 11.3 Å². The lowest BCUT2D eigenvalue weighted by atomic mass is 10.0. The van der Waals surface area contributed by atoms with Gasteiger partial charge in [0.2, 0.25) is 0 Å². The number of rotatable bonds is 6. The highest BCUT2D eigenvalue weighted by atomic mass is 16.2. The largest absolute Gasteiger partial charge is 0.373 e. The molecule has 4 heteroatoms. The van der Waals surface area contributed by atoms with Crippen molar-refractivity contribution < 1.29 is 4.79 Å². The molecule has 1 aromatic carbocycles. The first-order chi connectivity index (χ1) is 12.1. The lowest BCUT2D eigenvalue weighted by Crippen LogP contribution is -2.39. The van der Waals surface area contributed by atoms with Gasteiger partial charge in [0.1, 0.15) is 11.6 Å². The Balaban J connectivity index is 2.20. The molecule has 1 aliphatic heterocycles. The molecule has 0 spiro atoms. The molecule has 1 atom stereocenters. The monoisotopic (exact) mass is 339 g/mol. The number of piperidine rings is 1. The minimum atomic E-state index is -0.179. The summed E-state index contributed by atoms with van der Waals surface area (Å²) >= 11 is 0. The zero-order valence-electron chi connectivity index (χ0n) is 15.6. The number of hydrogen-bond donors (Lipinski definition) is 0. The number of hydrogen-bond acceptors (Lipinski definition) is 3. The van der Waals surface area contributed by atoms with Crippen LogP contribution in [0.3, 0.4) is 0 Å². The van der Waals surface area contributed by atoms with Crippen molar-refractivity contribution in [3.8, 4) is 6.07 Å². The second-order valence-corrected chi connectivity index (χ2v) is 6.96. The molecule has 1 aromatic rings. The molecular formula is C21H29N3O. The van der Waals surface area contributed by atoms with Gasteiger partial charge in [0, 0.05) is 31.4 Å². The summed E-state index contributed by atoms with van der Waals surface area (Å²) in [6.07, 6.45) is 6.33. The molecule has 134 valence electrons. The van der Waals surface area contributed by atoms with Crippen LogP contribution < -0.4 is 0 Å². The summed E-state index contributed by atoms with van der Waals surface area (Å²) < 4.78 is 0. The highest BCUT2D eigenvalue weighted by molar-refractivity contribution is 5.97. The fourth-order valence-electron chi connectivity index (χ4n) is 3.35. The van der Waals surface area contributed by atoms with Crippen molar-refractivity contribution in [1.29, 1.82) is 5.26 Å². The number of nitriles is 1. The molecular weight excluding hydrogens is 310 g/mol. The Morgan fingerprint density at radius 1 is 1.36 bits per heavy atom. The quantitative estimate of drug-likeness (QED) is 0.579. The Hall–Kier alpha value is -2.28. The van der Waals surface area contributed by atoms with Gasteiger partial charge < -0.3 is 9.80 Å². The minimum absolute atomic E-state index is 0.0350.